The fourth-order valence-electron chi connectivity index (χ4n) is 1.66. The van der Waals surface area contributed by atoms with E-state index in [2.05, 4.69) is 10.3 Å². The normalized spacial score (nSPS) is 11.9. The predicted molar refractivity (Wildman–Crippen MR) is 71.9 cm³/mol. The summed E-state index contributed by atoms with van der Waals surface area (Å²) in [6, 6.07) is 1.39. The summed E-state index contributed by atoms with van der Waals surface area (Å²) in [4.78, 5) is 26.2. The zero-order valence-electron chi connectivity index (χ0n) is 10.9. The molecule has 0 aliphatic heterocycles. The molecule has 6 nitrogen and oxygen atoms in total. The maximum Gasteiger partial charge on any atom is 0.337 e. The molecule has 0 saturated carbocycles. The molecule has 0 aliphatic rings. The lowest BCUT2D eigenvalue weighted by molar-refractivity contribution is -0.116. The van der Waals surface area contributed by atoms with Crippen molar-refractivity contribution in [3.8, 4) is 0 Å². The van der Waals surface area contributed by atoms with Crippen LogP contribution in [0.3, 0.4) is 0 Å². The highest BCUT2D eigenvalue weighted by atomic mass is 16.4. The molecule has 1 amide bonds. The zero-order valence-corrected chi connectivity index (χ0v) is 10.9. The van der Waals surface area contributed by atoms with Crippen LogP contribution in [0, 0.1) is 5.92 Å². The Labute approximate surface area is 112 Å². The van der Waals surface area contributed by atoms with Gasteiger partial charge in [-0.15, -0.1) is 0 Å². The van der Waals surface area contributed by atoms with Crippen molar-refractivity contribution in [2.45, 2.75) is 26.2 Å². The molecule has 1 unspecified atom stereocenters. The highest BCUT2D eigenvalue weighted by Gasteiger charge is 2.09. The van der Waals surface area contributed by atoms with Crippen molar-refractivity contribution >= 4 is 17.6 Å². The summed E-state index contributed by atoms with van der Waals surface area (Å²) in [7, 11) is 0. The number of carbonyl (C=O) groups excluding carboxylic acids is 1. The lowest BCUT2D eigenvalue weighted by atomic mass is 10.0. The van der Waals surface area contributed by atoms with E-state index in [-0.39, 0.29) is 11.5 Å². The molecule has 1 aromatic heterocycles. The van der Waals surface area contributed by atoms with Crippen LogP contribution in [0.4, 0.5) is 5.69 Å². The molecule has 0 radical (unpaired) electrons. The standard InChI is InChI=1S/C13H19N3O3/c1-9(4-5-14)2-3-12(17)16-11-6-10(13(18)19)7-15-8-11/h6-9H,2-5,14H2,1H3,(H,16,17)(H,18,19). The third-order valence-electron chi connectivity index (χ3n) is 2.79. The van der Waals surface area contributed by atoms with Crippen LogP contribution in [0.25, 0.3) is 0 Å². The molecule has 1 aromatic rings. The molecule has 0 fully saturated rings. The van der Waals surface area contributed by atoms with E-state index in [1.165, 1.54) is 18.5 Å². The number of hydrogen-bond donors (Lipinski definition) is 3. The van der Waals surface area contributed by atoms with E-state index in [9.17, 15) is 9.59 Å². The number of amides is 1. The molecule has 104 valence electrons. The summed E-state index contributed by atoms with van der Waals surface area (Å²) in [5.41, 5.74) is 5.89. The number of aromatic nitrogens is 1. The van der Waals surface area contributed by atoms with Crippen molar-refractivity contribution in [2.24, 2.45) is 11.7 Å². The average Bonchev–Trinajstić information content (AvgIpc) is 2.37. The van der Waals surface area contributed by atoms with Gasteiger partial charge < -0.3 is 16.2 Å². The van der Waals surface area contributed by atoms with Gasteiger partial charge in [0, 0.05) is 12.6 Å². The second-order valence-corrected chi connectivity index (χ2v) is 4.54. The van der Waals surface area contributed by atoms with E-state index in [4.69, 9.17) is 10.8 Å². The van der Waals surface area contributed by atoms with Gasteiger partial charge in [-0.2, -0.15) is 0 Å². The minimum absolute atomic E-state index is 0.0503. The van der Waals surface area contributed by atoms with Gasteiger partial charge in [0.25, 0.3) is 0 Å². The largest absolute Gasteiger partial charge is 0.478 e. The monoisotopic (exact) mass is 265 g/mol. The summed E-state index contributed by atoms with van der Waals surface area (Å²) < 4.78 is 0. The first-order valence-electron chi connectivity index (χ1n) is 6.21. The van der Waals surface area contributed by atoms with E-state index in [0.29, 0.717) is 24.6 Å². The molecule has 0 spiro atoms. The highest BCUT2D eigenvalue weighted by molar-refractivity contribution is 5.93. The summed E-state index contributed by atoms with van der Waals surface area (Å²) in [6.45, 7) is 2.67. The van der Waals surface area contributed by atoms with Gasteiger partial charge in [0.2, 0.25) is 5.91 Å². The Hall–Kier alpha value is -1.95. The van der Waals surface area contributed by atoms with Crippen LogP contribution in [0.1, 0.15) is 36.5 Å². The van der Waals surface area contributed by atoms with E-state index in [1.807, 2.05) is 6.92 Å². The van der Waals surface area contributed by atoms with Gasteiger partial charge in [-0.25, -0.2) is 4.79 Å². The average molecular weight is 265 g/mol. The quantitative estimate of drug-likeness (QED) is 0.692. The van der Waals surface area contributed by atoms with Crippen LogP contribution in [-0.4, -0.2) is 28.5 Å². The lowest BCUT2D eigenvalue weighted by Crippen LogP contribution is -2.14. The molecular formula is C13H19N3O3. The van der Waals surface area contributed by atoms with Crippen LogP contribution in [0.2, 0.25) is 0 Å². The van der Waals surface area contributed by atoms with Crippen molar-refractivity contribution < 1.29 is 14.7 Å². The van der Waals surface area contributed by atoms with E-state index in [1.54, 1.807) is 0 Å². The summed E-state index contributed by atoms with van der Waals surface area (Å²) >= 11 is 0. The van der Waals surface area contributed by atoms with Crippen molar-refractivity contribution in [2.75, 3.05) is 11.9 Å². The van der Waals surface area contributed by atoms with Gasteiger partial charge in [-0.05, 0) is 31.4 Å². The number of carboxylic acids is 1. The van der Waals surface area contributed by atoms with Crippen molar-refractivity contribution in [1.29, 1.82) is 0 Å². The van der Waals surface area contributed by atoms with Crippen LogP contribution >= 0.6 is 0 Å². The van der Waals surface area contributed by atoms with E-state index < -0.39 is 5.97 Å². The molecule has 19 heavy (non-hydrogen) atoms. The fourth-order valence-corrected chi connectivity index (χ4v) is 1.66. The van der Waals surface area contributed by atoms with Crippen LogP contribution in [0.5, 0.6) is 0 Å². The number of carboxylic acid groups (broad SMARTS) is 1. The molecule has 0 aromatic carbocycles. The minimum Gasteiger partial charge on any atom is -0.478 e. The second-order valence-electron chi connectivity index (χ2n) is 4.54. The number of rotatable bonds is 7. The lowest BCUT2D eigenvalue weighted by Gasteiger charge is -2.10. The first-order chi connectivity index (χ1) is 9.02. The molecule has 6 heteroatoms. The number of aromatic carboxylic acids is 1. The van der Waals surface area contributed by atoms with Crippen LogP contribution in [-0.2, 0) is 4.79 Å². The van der Waals surface area contributed by atoms with Gasteiger partial charge in [0.15, 0.2) is 0 Å². The van der Waals surface area contributed by atoms with Gasteiger partial charge in [-0.1, -0.05) is 6.92 Å². The Balaban J connectivity index is 2.48. The molecule has 0 saturated heterocycles. The first-order valence-corrected chi connectivity index (χ1v) is 6.21. The maximum atomic E-state index is 11.7. The van der Waals surface area contributed by atoms with Crippen LogP contribution < -0.4 is 11.1 Å². The van der Waals surface area contributed by atoms with Crippen molar-refractivity contribution in [1.82, 2.24) is 4.98 Å². The maximum absolute atomic E-state index is 11.7. The highest BCUT2D eigenvalue weighted by Crippen LogP contribution is 2.12. The smallest absolute Gasteiger partial charge is 0.337 e. The number of anilines is 1. The predicted octanol–water partition coefficient (Wildman–Crippen LogP) is 1.48. The Morgan fingerprint density at radius 3 is 2.79 bits per heavy atom. The second kappa shape index (κ2) is 7.48. The first kappa shape index (κ1) is 15.1. The van der Waals surface area contributed by atoms with Gasteiger partial charge >= 0.3 is 5.97 Å². The Kier molecular flexibility index (Phi) is 5.95. The van der Waals surface area contributed by atoms with Crippen molar-refractivity contribution in [3.63, 3.8) is 0 Å². The molecule has 0 aliphatic carbocycles. The van der Waals surface area contributed by atoms with Gasteiger partial charge in [0.05, 0.1) is 17.4 Å². The molecule has 1 rings (SSSR count). The van der Waals surface area contributed by atoms with Crippen molar-refractivity contribution in [3.05, 3.63) is 24.0 Å². The topological polar surface area (TPSA) is 105 Å². The third-order valence-corrected chi connectivity index (χ3v) is 2.79. The number of nitrogens with one attached hydrogen (secondary N) is 1. The Morgan fingerprint density at radius 2 is 2.16 bits per heavy atom. The Morgan fingerprint density at radius 1 is 1.42 bits per heavy atom. The summed E-state index contributed by atoms with van der Waals surface area (Å²) in [5, 5.41) is 11.5. The number of hydrogen-bond acceptors (Lipinski definition) is 4. The van der Waals surface area contributed by atoms with E-state index in [0.717, 1.165) is 12.8 Å². The third kappa shape index (κ3) is 5.48. The number of carbonyl (C=O) groups is 2. The Bertz CT molecular complexity index is 449. The van der Waals surface area contributed by atoms with E-state index >= 15 is 0 Å². The molecule has 4 N–H and O–H groups in total. The van der Waals surface area contributed by atoms with Gasteiger partial charge in [-0.3, -0.25) is 9.78 Å². The zero-order chi connectivity index (χ0) is 14.3. The van der Waals surface area contributed by atoms with Crippen LogP contribution in [0.15, 0.2) is 18.5 Å². The SMILES string of the molecule is CC(CCN)CCC(=O)Nc1cncc(C(=O)O)c1. The fraction of sp³-hybridized carbons (Fsp3) is 0.462. The number of nitrogens with two attached hydrogens (primary N) is 1. The van der Waals surface area contributed by atoms with Gasteiger partial charge in [0.1, 0.15) is 0 Å². The molecule has 0 bridgehead atoms. The summed E-state index contributed by atoms with van der Waals surface area (Å²) in [6.07, 6.45) is 4.70. The minimum atomic E-state index is -1.07. The number of pyridine rings is 1. The molecular weight excluding hydrogens is 246 g/mol. The molecule has 1 heterocycles. The molecule has 1 atom stereocenters. The summed E-state index contributed by atoms with van der Waals surface area (Å²) in [5.74, 6) is -0.812. The number of nitrogens with zero attached hydrogens (tertiary/aromatic N) is 1.